The van der Waals surface area contributed by atoms with Gasteiger partial charge in [-0.3, -0.25) is 0 Å². The lowest BCUT2D eigenvalue weighted by molar-refractivity contribution is -0.137. The van der Waals surface area contributed by atoms with Gasteiger partial charge in [-0.05, 0) is 13.0 Å². The Balaban J connectivity index is 2.89. The number of ether oxygens (including phenoxy) is 1. The maximum Gasteiger partial charge on any atom is 0.332 e. The zero-order chi connectivity index (χ0) is 11.3. The molecule has 1 aromatic rings. The van der Waals surface area contributed by atoms with Gasteiger partial charge in [-0.2, -0.15) is 0 Å². The van der Waals surface area contributed by atoms with Crippen LogP contribution in [0.5, 0.6) is 0 Å². The maximum absolute atomic E-state index is 11.1. The summed E-state index contributed by atoms with van der Waals surface area (Å²) in [5.74, 6) is -0.425. The molecule has 0 aromatic heterocycles. The molecule has 0 unspecified atom stereocenters. The van der Waals surface area contributed by atoms with Crippen LogP contribution in [-0.4, -0.2) is 12.6 Å². The second-order valence-electron chi connectivity index (χ2n) is 2.83. The van der Waals surface area contributed by atoms with Crippen LogP contribution in [0.15, 0.2) is 34.8 Å². The number of rotatable bonds is 3. The Morgan fingerprint density at radius 1 is 1.53 bits per heavy atom. The van der Waals surface area contributed by atoms with Crippen molar-refractivity contribution in [3.63, 3.8) is 0 Å². The number of carbonyl (C=O) groups excluding carboxylic acids is 1. The van der Waals surface area contributed by atoms with Crippen molar-refractivity contribution in [2.45, 2.75) is 6.92 Å². The summed E-state index contributed by atoms with van der Waals surface area (Å²) in [7, 11) is 0. The highest BCUT2D eigenvalue weighted by Crippen LogP contribution is 2.20. The number of hydrogen-bond acceptors (Lipinski definition) is 3. The summed E-state index contributed by atoms with van der Waals surface area (Å²) in [6, 6.07) is 7.42. The van der Waals surface area contributed by atoms with Crippen molar-refractivity contribution in [2.24, 2.45) is 5.73 Å². The van der Waals surface area contributed by atoms with Gasteiger partial charge in [0.2, 0.25) is 0 Å². The first-order valence-electron chi connectivity index (χ1n) is 4.54. The van der Waals surface area contributed by atoms with Gasteiger partial charge in [-0.1, -0.05) is 34.1 Å². The summed E-state index contributed by atoms with van der Waals surface area (Å²) in [5, 5.41) is 0. The van der Waals surface area contributed by atoms with Crippen LogP contribution < -0.4 is 5.73 Å². The number of carbonyl (C=O) groups is 1. The van der Waals surface area contributed by atoms with Crippen LogP contribution >= 0.6 is 15.9 Å². The monoisotopic (exact) mass is 269 g/mol. The van der Waals surface area contributed by atoms with Crippen molar-refractivity contribution in [3.05, 3.63) is 40.4 Å². The Morgan fingerprint density at radius 2 is 2.20 bits per heavy atom. The molecule has 0 aliphatic rings. The smallest absolute Gasteiger partial charge is 0.332 e. The molecular weight excluding hydrogens is 258 g/mol. The Hall–Kier alpha value is -1.29. The van der Waals surface area contributed by atoms with Gasteiger partial charge in [0.25, 0.3) is 0 Å². The molecule has 0 saturated carbocycles. The lowest BCUT2D eigenvalue weighted by Gasteiger charge is -2.04. The van der Waals surface area contributed by atoms with E-state index in [-0.39, 0.29) is 0 Å². The minimum absolute atomic E-state index is 0.346. The molecule has 4 heteroatoms. The van der Waals surface area contributed by atoms with Crippen LogP contribution in [0.2, 0.25) is 0 Å². The molecule has 2 N–H and O–H groups in total. The Kier molecular flexibility index (Phi) is 4.37. The molecule has 0 spiro atoms. The number of benzene rings is 1. The first kappa shape index (κ1) is 11.8. The van der Waals surface area contributed by atoms with Gasteiger partial charge in [0.15, 0.2) is 0 Å². The molecule has 3 nitrogen and oxygen atoms in total. The summed E-state index contributed by atoms with van der Waals surface area (Å²) in [6.07, 6.45) is 1.28. The first-order valence-corrected chi connectivity index (χ1v) is 5.33. The van der Waals surface area contributed by atoms with Crippen molar-refractivity contribution >= 4 is 27.6 Å². The number of halogens is 1. The molecule has 0 saturated heterocycles. The van der Waals surface area contributed by atoms with E-state index in [0.29, 0.717) is 12.3 Å². The highest BCUT2D eigenvalue weighted by Gasteiger charge is 2.04. The molecule has 0 fully saturated rings. The molecule has 0 amide bonds. The first-order chi connectivity index (χ1) is 7.15. The topological polar surface area (TPSA) is 52.3 Å². The number of esters is 1. The summed E-state index contributed by atoms with van der Waals surface area (Å²) in [6.45, 7) is 2.10. The normalized spacial score (nSPS) is 11.2. The SMILES string of the molecule is CCOC(=O)/C=C(\N)c1ccccc1Br. The van der Waals surface area contributed by atoms with E-state index >= 15 is 0 Å². The minimum Gasteiger partial charge on any atom is -0.463 e. The van der Waals surface area contributed by atoms with E-state index in [1.165, 1.54) is 6.08 Å². The third-order valence-corrected chi connectivity index (χ3v) is 2.44. The van der Waals surface area contributed by atoms with E-state index in [0.717, 1.165) is 10.0 Å². The number of hydrogen-bond donors (Lipinski definition) is 1. The van der Waals surface area contributed by atoms with Crippen LogP contribution in [0.25, 0.3) is 5.70 Å². The fourth-order valence-corrected chi connectivity index (χ4v) is 1.60. The van der Waals surface area contributed by atoms with Gasteiger partial charge in [0, 0.05) is 21.8 Å². The molecule has 0 aliphatic heterocycles. The van der Waals surface area contributed by atoms with Crippen molar-refractivity contribution in [1.29, 1.82) is 0 Å². The molecule has 0 atom stereocenters. The van der Waals surface area contributed by atoms with Crippen molar-refractivity contribution in [1.82, 2.24) is 0 Å². The van der Waals surface area contributed by atoms with Crippen LogP contribution in [0, 0.1) is 0 Å². The van der Waals surface area contributed by atoms with Crippen LogP contribution in [0.4, 0.5) is 0 Å². The lowest BCUT2D eigenvalue weighted by Crippen LogP contribution is -2.05. The minimum atomic E-state index is -0.425. The molecular formula is C11H12BrNO2. The summed E-state index contributed by atoms with van der Waals surface area (Å²) in [5.41, 5.74) is 6.93. The third-order valence-electron chi connectivity index (χ3n) is 1.74. The lowest BCUT2D eigenvalue weighted by atomic mass is 10.1. The summed E-state index contributed by atoms with van der Waals surface area (Å²) >= 11 is 3.35. The standard InChI is InChI=1S/C11H12BrNO2/c1-2-15-11(14)7-10(13)8-5-3-4-6-9(8)12/h3-7H,2,13H2,1H3/b10-7-. The largest absolute Gasteiger partial charge is 0.463 e. The van der Waals surface area contributed by atoms with Gasteiger partial charge in [0.1, 0.15) is 0 Å². The van der Waals surface area contributed by atoms with Gasteiger partial charge in [0.05, 0.1) is 6.61 Å². The average molecular weight is 270 g/mol. The zero-order valence-corrected chi connectivity index (χ0v) is 9.95. The summed E-state index contributed by atoms with van der Waals surface area (Å²) < 4.78 is 5.61. The molecule has 1 rings (SSSR count). The van der Waals surface area contributed by atoms with Crippen molar-refractivity contribution in [3.8, 4) is 0 Å². The van der Waals surface area contributed by atoms with Crippen LogP contribution in [0.1, 0.15) is 12.5 Å². The number of nitrogens with two attached hydrogens (primary N) is 1. The van der Waals surface area contributed by atoms with Gasteiger partial charge in [-0.25, -0.2) is 4.79 Å². The fourth-order valence-electron chi connectivity index (χ4n) is 1.08. The maximum atomic E-state index is 11.1. The van der Waals surface area contributed by atoms with Crippen LogP contribution in [-0.2, 0) is 9.53 Å². The van der Waals surface area contributed by atoms with Crippen molar-refractivity contribution < 1.29 is 9.53 Å². The highest BCUT2D eigenvalue weighted by molar-refractivity contribution is 9.10. The van der Waals surface area contributed by atoms with E-state index in [1.807, 2.05) is 24.3 Å². The third kappa shape index (κ3) is 3.40. The second-order valence-corrected chi connectivity index (χ2v) is 3.69. The average Bonchev–Trinajstić information content (AvgIpc) is 2.18. The van der Waals surface area contributed by atoms with E-state index in [9.17, 15) is 4.79 Å². The quantitative estimate of drug-likeness (QED) is 0.677. The van der Waals surface area contributed by atoms with Gasteiger partial charge in [-0.15, -0.1) is 0 Å². The molecule has 0 bridgehead atoms. The zero-order valence-electron chi connectivity index (χ0n) is 8.37. The van der Waals surface area contributed by atoms with Gasteiger partial charge >= 0.3 is 5.97 Å². The van der Waals surface area contributed by atoms with Crippen LogP contribution in [0.3, 0.4) is 0 Å². The Bertz CT molecular complexity index is 388. The van der Waals surface area contributed by atoms with E-state index < -0.39 is 5.97 Å². The molecule has 0 aliphatic carbocycles. The highest BCUT2D eigenvalue weighted by atomic mass is 79.9. The predicted molar refractivity (Wildman–Crippen MR) is 62.9 cm³/mol. The van der Waals surface area contributed by atoms with E-state index in [1.54, 1.807) is 6.92 Å². The Morgan fingerprint density at radius 3 is 2.80 bits per heavy atom. The van der Waals surface area contributed by atoms with Crippen molar-refractivity contribution in [2.75, 3.05) is 6.61 Å². The molecule has 80 valence electrons. The molecule has 0 radical (unpaired) electrons. The summed E-state index contributed by atoms with van der Waals surface area (Å²) in [4.78, 5) is 11.1. The van der Waals surface area contributed by atoms with E-state index in [2.05, 4.69) is 15.9 Å². The molecule has 0 heterocycles. The second kappa shape index (κ2) is 5.56. The Labute approximate surface area is 97.0 Å². The van der Waals surface area contributed by atoms with E-state index in [4.69, 9.17) is 10.5 Å². The molecule has 1 aromatic carbocycles. The fraction of sp³-hybridized carbons (Fsp3) is 0.182. The van der Waals surface area contributed by atoms with Gasteiger partial charge < -0.3 is 10.5 Å². The predicted octanol–water partition coefficient (Wildman–Crippen LogP) is 2.31. The molecule has 15 heavy (non-hydrogen) atoms.